The zero-order valence-corrected chi connectivity index (χ0v) is 34.9. The largest absolute Gasteiger partial charge is 0.289 e. The van der Waals surface area contributed by atoms with Crippen LogP contribution in [0.3, 0.4) is 0 Å². The molecule has 0 atom stereocenters. The Kier molecular flexibility index (Phi) is 12.0. The molecule has 52 heavy (non-hydrogen) atoms. The summed E-state index contributed by atoms with van der Waals surface area (Å²) < 4.78 is 0. The van der Waals surface area contributed by atoms with Gasteiger partial charge in [0.25, 0.3) is 0 Å². The number of carbonyl (C=O) groups excluding carboxylic acids is 2. The smallest absolute Gasteiger partial charge is 0.186 e. The highest BCUT2D eigenvalue weighted by atomic mass is 35.5. The van der Waals surface area contributed by atoms with Crippen molar-refractivity contribution in [1.82, 2.24) is 0 Å². The summed E-state index contributed by atoms with van der Waals surface area (Å²) in [6, 6.07) is 6.54. The Balaban J connectivity index is 1.74. The molecule has 0 bridgehead atoms. The van der Waals surface area contributed by atoms with Crippen molar-refractivity contribution in [3.05, 3.63) is 114 Å². The number of ketones is 2. The average Bonchev–Trinajstić information content (AvgIpc) is 2.99. The number of benzene rings is 2. The van der Waals surface area contributed by atoms with E-state index in [1.807, 2.05) is 107 Å². The SMILES string of the molecule is CC(C)(C)C1=CC(=C/N=N/c2cc(Cl)cc(-c3cc(Cl)cc(/N=N/C=C4C=C(C(C)(C)C)C(=O)C(C(C)(C)C)=C4)c3Cl)c2Cl)C=C(C(C)(C)C)C1=O. The first-order valence-electron chi connectivity index (χ1n) is 17.0. The Morgan fingerprint density at radius 3 is 0.981 bits per heavy atom. The molecule has 0 aliphatic heterocycles. The number of carbonyl (C=O) groups is 2. The van der Waals surface area contributed by atoms with Crippen molar-refractivity contribution in [2.24, 2.45) is 42.1 Å². The van der Waals surface area contributed by atoms with Crippen LogP contribution in [0.2, 0.25) is 20.1 Å². The second-order valence-electron chi connectivity index (χ2n) is 17.2. The summed E-state index contributed by atoms with van der Waals surface area (Å²) >= 11 is 26.9. The summed E-state index contributed by atoms with van der Waals surface area (Å²) in [7, 11) is 0. The van der Waals surface area contributed by atoms with Gasteiger partial charge in [-0.2, -0.15) is 10.2 Å². The van der Waals surface area contributed by atoms with Crippen molar-refractivity contribution in [2.45, 2.75) is 83.1 Å². The van der Waals surface area contributed by atoms with E-state index in [2.05, 4.69) is 20.5 Å². The molecule has 2 aliphatic carbocycles. The molecule has 0 saturated carbocycles. The number of hydrogen-bond donors (Lipinski definition) is 0. The van der Waals surface area contributed by atoms with Crippen LogP contribution < -0.4 is 0 Å². The lowest BCUT2D eigenvalue weighted by Gasteiger charge is -2.31. The quantitative estimate of drug-likeness (QED) is 0.283. The number of azo groups is 2. The van der Waals surface area contributed by atoms with Gasteiger partial charge in [0, 0.05) is 43.5 Å². The Bertz CT molecular complexity index is 1860. The van der Waals surface area contributed by atoms with Crippen LogP contribution in [0.5, 0.6) is 0 Å². The van der Waals surface area contributed by atoms with E-state index in [1.165, 1.54) is 0 Å². The van der Waals surface area contributed by atoms with E-state index in [-0.39, 0.29) is 43.3 Å². The fourth-order valence-corrected chi connectivity index (χ4v) is 6.60. The number of Topliss-reactive ketones (excluding diaryl/α,β-unsaturated/α-hetero) is 2. The third kappa shape index (κ3) is 9.57. The van der Waals surface area contributed by atoms with Crippen LogP contribution in [0.15, 0.2) is 115 Å². The minimum atomic E-state index is -0.356. The fraction of sp³-hybridized carbons (Fsp3) is 0.381. The van der Waals surface area contributed by atoms with Gasteiger partial charge in [-0.25, -0.2) is 0 Å². The number of hydrogen-bond acceptors (Lipinski definition) is 6. The van der Waals surface area contributed by atoms with Crippen LogP contribution in [0.1, 0.15) is 83.1 Å². The highest BCUT2D eigenvalue weighted by Gasteiger charge is 2.35. The summed E-state index contributed by atoms with van der Waals surface area (Å²) in [5.74, 6) is 0.0723. The average molecular weight is 781 g/mol. The first-order chi connectivity index (χ1) is 23.8. The molecule has 0 aromatic heterocycles. The maximum atomic E-state index is 13.3. The van der Waals surface area contributed by atoms with Gasteiger partial charge in [0.2, 0.25) is 0 Å². The van der Waals surface area contributed by atoms with Crippen LogP contribution in [0.25, 0.3) is 11.1 Å². The highest BCUT2D eigenvalue weighted by Crippen LogP contribution is 2.46. The van der Waals surface area contributed by atoms with Gasteiger partial charge in [0.05, 0.1) is 22.4 Å². The molecule has 10 heteroatoms. The normalized spacial score (nSPS) is 16.4. The number of nitrogens with zero attached hydrogens (tertiary/aromatic N) is 4. The Morgan fingerprint density at radius 2 is 0.731 bits per heavy atom. The standard InChI is InChI=1S/C42H46Cl4N4O2/c1-39(2,3)29-13-23(14-30(37(29)51)40(4,5)6)21-47-49-33-19-25(43)17-27(35(33)45)28-18-26(44)20-34(36(28)46)50-48-22-24-15-31(41(7,8)9)38(52)32(16-24)42(10,11)12/h13-22H,1-12H3/b49-47+,50-48+. The van der Waals surface area contributed by atoms with Crippen LogP contribution >= 0.6 is 46.4 Å². The van der Waals surface area contributed by atoms with Crippen molar-refractivity contribution < 1.29 is 9.59 Å². The Labute approximate surface area is 328 Å². The lowest BCUT2D eigenvalue weighted by molar-refractivity contribution is -0.114. The molecule has 0 radical (unpaired) electrons. The van der Waals surface area contributed by atoms with E-state index in [4.69, 9.17) is 46.4 Å². The van der Waals surface area contributed by atoms with Gasteiger partial charge in [-0.1, -0.05) is 129 Å². The summed E-state index contributed by atoms with van der Waals surface area (Å²) in [6.07, 6.45) is 10.6. The van der Waals surface area contributed by atoms with Crippen molar-refractivity contribution in [1.29, 1.82) is 0 Å². The van der Waals surface area contributed by atoms with E-state index in [0.717, 1.165) is 11.1 Å². The molecule has 0 N–H and O–H groups in total. The first-order valence-corrected chi connectivity index (χ1v) is 18.5. The highest BCUT2D eigenvalue weighted by molar-refractivity contribution is 6.41. The summed E-state index contributed by atoms with van der Waals surface area (Å²) in [4.78, 5) is 26.6. The molecule has 0 amide bonds. The first kappa shape index (κ1) is 41.3. The fourth-order valence-electron chi connectivity index (χ4n) is 5.68. The Morgan fingerprint density at radius 1 is 0.462 bits per heavy atom. The number of rotatable bonds is 5. The number of halogens is 4. The summed E-state index contributed by atoms with van der Waals surface area (Å²) in [5.41, 5.74) is 4.46. The van der Waals surface area contributed by atoms with Crippen molar-refractivity contribution in [3.8, 4) is 11.1 Å². The molecule has 2 aliphatic rings. The maximum absolute atomic E-state index is 13.3. The van der Waals surface area contributed by atoms with E-state index >= 15 is 0 Å². The van der Waals surface area contributed by atoms with Gasteiger partial charge in [0.15, 0.2) is 11.6 Å². The maximum Gasteiger partial charge on any atom is 0.186 e. The molecule has 0 fully saturated rings. The molecule has 0 heterocycles. The number of allylic oxidation sites excluding steroid dienone is 10. The molecule has 2 aromatic rings. The predicted octanol–water partition coefficient (Wildman–Crippen LogP) is 15.0. The second-order valence-corrected chi connectivity index (χ2v) is 18.8. The second kappa shape index (κ2) is 15.1. The zero-order chi connectivity index (χ0) is 39.1. The van der Waals surface area contributed by atoms with Crippen molar-refractivity contribution in [2.75, 3.05) is 0 Å². The van der Waals surface area contributed by atoms with Crippen LogP contribution in [0, 0.1) is 21.7 Å². The van der Waals surface area contributed by atoms with E-state index < -0.39 is 0 Å². The van der Waals surface area contributed by atoms with Crippen LogP contribution in [-0.2, 0) is 9.59 Å². The molecule has 0 saturated heterocycles. The molecular weight excluding hydrogens is 734 g/mol. The minimum Gasteiger partial charge on any atom is -0.289 e. The van der Waals surface area contributed by atoms with Crippen LogP contribution in [-0.4, -0.2) is 11.6 Å². The van der Waals surface area contributed by atoms with E-state index in [1.54, 1.807) is 36.7 Å². The van der Waals surface area contributed by atoms with Crippen LogP contribution in [0.4, 0.5) is 11.4 Å². The molecule has 274 valence electrons. The van der Waals surface area contributed by atoms with Gasteiger partial charge in [-0.05, 0) is 81.4 Å². The van der Waals surface area contributed by atoms with Gasteiger partial charge >= 0.3 is 0 Å². The molecule has 0 spiro atoms. The Hall–Kier alpha value is -3.42. The van der Waals surface area contributed by atoms with E-state index in [0.29, 0.717) is 54.8 Å². The van der Waals surface area contributed by atoms with Crippen molar-refractivity contribution in [3.63, 3.8) is 0 Å². The molecule has 4 rings (SSSR count). The van der Waals surface area contributed by atoms with Gasteiger partial charge < -0.3 is 0 Å². The molecule has 2 aromatic carbocycles. The summed E-state index contributed by atoms with van der Waals surface area (Å²) in [6.45, 7) is 24.2. The monoisotopic (exact) mass is 778 g/mol. The molecule has 6 nitrogen and oxygen atoms in total. The van der Waals surface area contributed by atoms with Gasteiger partial charge in [-0.15, -0.1) is 10.2 Å². The summed E-state index contributed by atoms with van der Waals surface area (Å²) in [5, 5.41) is 18.7. The third-order valence-corrected chi connectivity index (χ3v) is 9.76. The van der Waals surface area contributed by atoms with Crippen molar-refractivity contribution >= 4 is 69.3 Å². The topological polar surface area (TPSA) is 83.6 Å². The molecular formula is C42H46Cl4N4O2. The zero-order valence-electron chi connectivity index (χ0n) is 31.9. The molecule has 0 unspecified atom stereocenters. The minimum absolute atomic E-state index is 0.0362. The third-order valence-electron chi connectivity index (χ3n) is 8.53. The lowest BCUT2D eigenvalue weighted by atomic mass is 9.72. The predicted molar refractivity (Wildman–Crippen MR) is 217 cm³/mol. The van der Waals surface area contributed by atoms with Gasteiger partial charge in [-0.3, -0.25) is 9.59 Å². The lowest BCUT2D eigenvalue weighted by Crippen LogP contribution is -2.27. The van der Waals surface area contributed by atoms with Gasteiger partial charge in [0.1, 0.15) is 11.4 Å². The van der Waals surface area contributed by atoms with E-state index in [9.17, 15) is 9.59 Å².